The molecule has 0 saturated carbocycles. The highest BCUT2D eigenvalue weighted by Crippen LogP contribution is 2.23. The molecule has 1 N–H and O–H groups in total. The first-order valence-electron chi connectivity index (χ1n) is 8.99. The summed E-state index contributed by atoms with van der Waals surface area (Å²) in [6, 6.07) is 7.48. The normalized spacial score (nSPS) is 14.8. The van der Waals surface area contributed by atoms with Crippen LogP contribution in [-0.4, -0.2) is 51.9 Å². The van der Waals surface area contributed by atoms with Crippen molar-refractivity contribution >= 4 is 17.7 Å². The van der Waals surface area contributed by atoms with Crippen LogP contribution in [0.25, 0.3) is 0 Å². The lowest BCUT2D eigenvalue weighted by molar-refractivity contribution is 0.208. The van der Waals surface area contributed by atoms with Gasteiger partial charge in [0.15, 0.2) is 0 Å². The van der Waals surface area contributed by atoms with Crippen molar-refractivity contribution in [3.63, 3.8) is 0 Å². The maximum atomic E-state index is 12.6. The Bertz CT molecular complexity index is 850. The second kappa shape index (κ2) is 7.27. The van der Waals surface area contributed by atoms with Gasteiger partial charge in [0, 0.05) is 50.9 Å². The van der Waals surface area contributed by atoms with Gasteiger partial charge in [0.1, 0.15) is 17.7 Å². The summed E-state index contributed by atoms with van der Waals surface area (Å²) in [6.07, 6.45) is 1.57. The number of rotatable bonds is 2. The maximum Gasteiger partial charge on any atom is 0.323 e. The molecule has 2 aromatic heterocycles. The molecule has 8 heteroatoms. The number of hydrogen-bond donors (Lipinski definition) is 1. The molecule has 3 rings (SSSR count). The van der Waals surface area contributed by atoms with E-state index in [-0.39, 0.29) is 11.4 Å². The maximum absolute atomic E-state index is 12.6. The van der Waals surface area contributed by atoms with Crippen molar-refractivity contribution in [1.82, 2.24) is 19.7 Å². The van der Waals surface area contributed by atoms with Crippen LogP contribution in [0.1, 0.15) is 32.0 Å². The van der Waals surface area contributed by atoms with Gasteiger partial charge in [0.05, 0.1) is 11.3 Å². The average molecular weight is 367 g/mol. The van der Waals surface area contributed by atoms with E-state index in [4.69, 9.17) is 5.26 Å². The van der Waals surface area contributed by atoms with E-state index >= 15 is 0 Å². The van der Waals surface area contributed by atoms with E-state index < -0.39 is 0 Å². The van der Waals surface area contributed by atoms with Crippen LogP contribution in [0.4, 0.5) is 16.4 Å². The van der Waals surface area contributed by atoms with Gasteiger partial charge in [-0.15, -0.1) is 0 Å². The molecular weight excluding hydrogens is 342 g/mol. The minimum atomic E-state index is -0.120. The molecule has 27 heavy (non-hydrogen) atoms. The van der Waals surface area contributed by atoms with E-state index in [2.05, 4.69) is 47.1 Å². The lowest BCUT2D eigenvalue weighted by atomic mass is 9.92. The van der Waals surface area contributed by atoms with Crippen LogP contribution < -0.4 is 10.2 Å². The molecular formula is C19H25N7O. The van der Waals surface area contributed by atoms with E-state index in [1.54, 1.807) is 21.8 Å². The van der Waals surface area contributed by atoms with Gasteiger partial charge in [-0.2, -0.15) is 10.4 Å². The van der Waals surface area contributed by atoms with E-state index in [0.29, 0.717) is 37.6 Å². The predicted octanol–water partition coefficient (Wildman–Crippen LogP) is 2.34. The molecule has 0 spiro atoms. The average Bonchev–Trinajstić information content (AvgIpc) is 3.03. The summed E-state index contributed by atoms with van der Waals surface area (Å²) in [4.78, 5) is 20.8. The van der Waals surface area contributed by atoms with E-state index in [1.165, 1.54) is 0 Å². The first-order chi connectivity index (χ1) is 12.8. The summed E-state index contributed by atoms with van der Waals surface area (Å²) >= 11 is 0. The number of nitriles is 1. The summed E-state index contributed by atoms with van der Waals surface area (Å²) in [7, 11) is 1.83. The van der Waals surface area contributed by atoms with Crippen LogP contribution in [0.2, 0.25) is 0 Å². The van der Waals surface area contributed by atoms with E-state index in [9.17, 15) is 4.79 Å². The van der Waals surface area contributed by atoms with Crippen LogP contribution in [-0.2, 0) is 12.5 Å². The number of aryl methyl sites for hydroxylation is 1. The lowest BCUT2D eigenvalue weighted by Gasteiger charge is -2.35. The number of nitrogens with zero attached hydrogens (tertiary/aromatic N) is 6. The number of hydrogen-bond acceptors (Lipinski definition) is 5. The Labute approximate surface area is 159 Å². The summed E-state index contributed by atoms with van der Waals surface area (Å²) < 4.78 is 1.70. The number of amides is 2. The molecule has 0 bridgehead atoms. The second-order valence-electron chi connectivity index (χ2n) is 7.71. The molecule has 2 aromatic rings. The van der Waals surface area contributed by atoms with Crippen molar-refractivity contribution in [3.05, 3.63) is 35.7 Å². The van der Waals surface area contributed by atoms with Gasteiger partial charge < -0.3 is 9.80 Å². The zero-order valence-corrected chi connectivity index (χ0v) is 16.2. The molecule has 1 aliphatic heterocycles. The van der Waals surface area contributed by atoms with Gasteiger partial charge >= 0.3 is 6.03 Å². The van der Waals surface area contributed by atoms with E-state index in [0.717, 1.165) is 11.5 Å². The zero-order chi connectivity index (χ0) is 19.6. The summed E-state index contributed by atoms with van der Waals surface area (Å²) in [5.74, 6) is 1.52. The molecule has 2 amide bonds. The Hall–Kier alpha value is -3.08. The predicted molar refractivity (Wildman–Crippen MR) is 104 cm³/mol. The number of piperazine rings is 1. The van der Waals surface area contributed by atoms with Gasteiger partial charge in [0.2, 0.25) is 0 Å². The van der Waals surface area contributed by atoms with Crippen molar-refractivity contribution in [2.24, 2.45) is 7.05 Å². The van der Waals surface area contributed by atoms with Crippen molar-refractivity contribution in [2.45, 2.75) is 26.2 Å². The molecule has 0 radical (unpaired) electrons. The minimum Gasteiger partial charge on any atom is -0.353 e. The van der Waals surface area contributed by atoms with Crippen molar-refractivity contribution in [2.75, 3.05) is 36.4 Å². The first kappa shape index (κ1) is 18.7. The quantitative estimate of drug-likeness (QED) is 0.880. The highest BCUT2D eigenvalue weighted by molar-refractivity contribution is 5.88. The number of pyridine rings is 1. The fraction of sp³-hybridized carbons (Fsp3) is 0.474. The lowest BCUT2D eigenvalue weighted by Crippen LogP contribution is -2.50. The number of nitrogens with one attached hydrogen (secondary N) is 1. The largest absolute Gasteiger partial charge is 0.353 e. The summed E-state index contributed by atoms with van der Waals surface area (Å²) in [6.45, 7) is 8.90. The SMILES string of the molecule is Cn1nc(C(C)(C)C)cc1NC(=O)N1CCN(c2ccc(C#N)cn2)CC1. The molecule has 0 aliphatic carbocycles. The van der Waals surface area contributed by atoms with Crippen LogP contribution in [0.5, 0.6) is 0 Å². The molecule has 0 unspecified atom stereocenters. The minimum absolute atomic E-state index is 0.0690. The molecule has 142 valence electrons. The highest BCUT2D eigenvalue weighted by atomic mass is 16.2. The number of urea groups is 1. The molecule has 1 fully saturated rings. The number of aromatic nitrogens is 3. The van der Waals surface area contributed by atoms with Crippen molar-refractivity contribution in [1.29, 1.82) is 5.26 Å². The second-order valence-corrected chi connectivity index (χ2v) is 7.71. The monoisotopic (exact) mass is 367 g/mol. The Kier molecular flexibility index (Phi) is 5.04. The van der Waals surface area contributed by atoms with Gasteiger partial charge in [-0.1, -0.05) is 20.8 Å². The first-order valence-corrected chi connectivity index (χ1v) is 8.99. The van der Waals surface area contributed by atoms with Crippen LogP contribution in [0.3, 0.4) is 0 Å². The van der Waals surface area contributed by atoms with E-state index in [1.807, 2.05) is 19.2 Å². The van der Waals surface area contributed by atoms with Gasteiger partial charge in [-0.3, -0.25) is 10.00 Å². The summed E-state index contributed by atoms with van der Waals surface area (Å²) in [5, 5.41) is 16.3. The molecule has 1 aliphatic rings. The third kappa shape index (κ3) is 4.19. The van der Waals surface area contributed by atoms with Gasteiger partial charge in [-0.25, -0.2) is 9.78 Å². The molecule has 0 aromatic carbocycles. The van der Waals surface area contributed by atoms with Crippen molar-refractivity contribution < 1.29 is 4.79 Å². The Morgan fingerprint density at radius 3 is 2.44 bits per heavy atom. The number of carbonyl (C=O) groups is 1. The topological polar surface area (TPSA) is 90.1 Å². The molecule has 1 saturated heterocycles. The van der Waals surface area contributed by atoms with Crippen LogP contribution in [0, 0.1) is 11.3 Å². The smallest absolute Gasteiger partial charge is 0.323 e. The number of anilines is 2. The van der Waals surface area contributed by atoms with Crippen LogP contribution in [0.15, 0.2) is 24.4 Å². The summed E-state index contributed by atoms with van der Waals surface area (Å²) in [5.41, 5.74) is 1.42. The molecule has 8 nitrogen and oxygen atoms in total. The fourth-order valence-electron chi connectivity index (χ4n) is 2.92. The van der Waals surface area contributed by atoms with Crippen LogP contribution >= 0.6 is 0 Å². The fourth-order valence-corrected chi connectivity index (χ4v) is 2.92. The molecule has 3 heterocycles. The van der Waals surface area contributed by atoms with Gasteiger partial charge in [-0.05, 0) is 12.1 Å². The standard InChI is InChI=1S/C19H25N7O/c1-19(2,3)15-11-17(24(4)23-15)22-18(27)26-9-7-25(8-10-26)16-6-5-14(12-20)13-21-16/h5-6,11,13H,7-10H2,1-4H3,(H,22,27). The zero-order valence-electron chi connectivity index (χ0n) is 16.2. The highest BCUT2D eigenvalue weighted by Gasteiger charge is 2.24. The Balaban J connectivity index is 1.58. The Morgan fingerprint density at radius 2 is 1.93 bits per heavy atom. The third-order valence-electron chi connectivity index (χ3n) is 4.65. The Morgan fingerprint density at radius 1 is 1.22 bits per heavy atom. The molecule has 0 atom stereocenters. The third-order valence-corrected chi connectivity index (χ3v) is 4.65. The van der Waals surface area contributed by atoms with Crippen molar-refractivity contribution in [3.8, 4) is 6.07 Å². The van der Waals surface area contributed by atoms with Gasteiger partial charge in [0.25, 0.3) is 0 Å². The number of carbonyl (C=O) groups excluding carboxylic acids is 1.